The van der Waals surface area contributed by atoms with Crippen molar-refractivity contribution < 1.29 is 13.6 Å². The second-order valence-electron chi connectivity index (χ2n) is 4.92. The van der Waals surface area contributed by atoms with Crippen molar-refractivity contribution in [1.29, 1.82) is 0 Å². The van der Waals surface area contributed by atoms with Crippen molar-refractivity contribution in [1.82, 2.24) is 5.32 Å². The number of nitrogens with one attached hydrogen (secondary N) is 2. The number of benzene rings is 1. The van der Waals surface area contributed by atoms with Gasteiger partial charge >= 0.3 is 0 Å². The van der Waals surface area contributed by atoms with Crippen molar-refractivity contribution in [3.8, 4) is 0 Å². The molecule has 104 valence electrons. The molecule has 1 aromatic rings. The lowest BCUT2D eigenvalue weighted by molar-refractivity contribution is -0.122. The molecule has 0 aliphatic carbocycles. The SMILES string of the molecule is CC1(C(=O)Nc2cc(Br)c(F)cc2F)CCCCN1. The Morgan fingerprint density at radius 1 is 1.37 bits per heavy atom. The van der Waals surface area contributed by atoms with Crippen LogP contribution in [0.5, 0.6) is 0 Å². The summed E-state index contributed by atoms with van der Waals surface area (Å²) in [5.74, 6) is -1.78. The van der Waals surface area contributed by atoms with E-state index in [2.05, 4.69) is 26.6 Å². The zero-order valence-electron chi connectivity index (χ0n) is 10.5. The van der Waals surface area contributed by atoms with Crippen LogP contribution in [0.1, 0.15) is 26.2 Å². The third kappa shape index (κ3) is 3.12. The molecule has 0 saturated carbocycles. The predicted molar refractivity (Wildman–Crippen MR) is 72.9 cm³/mol. The highest BCUT2D eigenvalue weighted by molar-refractivity contribution is 9.10. The van der Waals surface area contributed by atoms with Crippen LogP contribution >= 0.6 is 15.9 Å². The first kappa shape index (κ1) is 14.4. The van der Waals surface area contributed by atoms with Gasteiger partial charge in [-0.15, -0.1) is 0 Å². The Hall–Kier alpha value is -1.01. The maximum Gasteiger partial charge on any atom is 0.244 e. The van der Waals surface area contributed by atoms with E-state index in [1.165, 1.54) is 6.07 Å². The lowest BCUT2D eigenvalue weighted by Gasteiger charge is -2.33. The van der Waals surface area contributed by atoms with Gasteiger partial charge < -0.3 is 10.6 Å². The van der Waals surface area contributed by atoms with E-state index in [0.29, 0.717) is 6.42 Å². The van der Waals surface area contributed by atoms with Crippen LogP contribution in [0.4, 0.5) is 14.5 Å². The van der Waals surface area contributed by atoms with Crippen LogP contribution in [0.2, 0.25) is 0 Å². The smallest absolute Gasteiger partial charge is 0.244 e. The fourth-order valence-electron chi connectivity index (χ4n) is 2.13. The summed E-state index contributed by atoms with van der Waals surface area (Å²) in [5.41, 5.74) is -0.724. The topological polar surface area (TPSA) is 41.1 Å². The fourth-order valence-corrected chi connectivity index (χ4v) is 2.47. The Balaban J connectivity index is 2.16. The largest absolute Gasteiger partial charge is 0.322 e. The minimum absolute atomic E-state index is 0.0214. The molecule has 1 fully saturated rings. The second kappa shape index (κ2) is 5.54. The minimum Gasteiger partial charge on any atom is -0.322 e. The van der Waals surface area contributed by atoms with Crippen molar-refractivity contribution in [2.24, 2.45) is 0 Å². The molecule has 1 aromatic carbocycles. The Morgan fingerprint density at radius 2 is 2.11 bits per heavy atom. The highest BCUT2D eigenvalue weighted by Crippen LogP contribution is 2.26. The van der Waals surface area contributed by atoms with Crippen molar-refractivity contribution in [2.45, 2.75) is 31.7 Å². The normalized spacial score (nSPS) is 23.2. The van der Waals surface area contributed by atoms with Crippen molar-refractivity contribution in [2.75, 3.05) is 11.9 Å². The van der Waals surface area contributed by atoms with Gasteiger partial charge in [-0.05, 0) is 54.7 Å². The van der Waals surface area contributed by atoms with Gasteiger partial charge in [-0.3, -0.25) is 4.79 Å². The van der Waals surface area contributed by atoms with Gasteiger partial charge in [-0.2, -0.15) is 0 Å². The number of rotatable bonds is 2. The third-order valence-corrected chi connectivity index (χ3v) is 3.99. The van der Waals surface area contributed by atoms with Gasteiger partial charge in [-0.25, -0.2) is 8.78 Å². The van der Waals surface area contributed by atoms with Crippen LogP contribution < -0.4 is 10.6 Å². The number of piperidine rings is 1. The fraction of sp³-hybridized carbons (Fsp3) is 0.462. The molecule has 1 aliphatic heterocycles. The number of hydrogen-bond donors (Lipinski definition) is 2. The van der Waals surface area contributed by atoms with Gasteiger partial charge in [0.1, 0.15) is 11.6 Å². The average molecular weight is 333 g/mol. The van der Waals surface area contributed by atoms with E-state index in [-0.39, 0.29) is 16.1 Å². The monoisotopic (exact) mass is 332 g/mol. The molecular formula is C13H15BrF2N2O. The van der Waals surface area contributed by atoms with Crippen LogP contribution in [0.25, 0.3) is 0 Å². The molecule has 1 unspecified atom stereocenters. The summed E-state index contributed by atoms with van der Waals surface area (Å²) in [6.07, 6.45) is 2.68. The lowest BCUT2D eigenvalue weighted by atomic mass is 9.90. The van der Waals surface area contributed by atoms with Crippen molar-refractivity contribution in [3.63, 3.8) is 0 Å². The van der Waals surface area contributed by atoms with Crippen LogP contribution in [0.15, 0.2) is 16.6 Å². The molecule has 3 nitrogen and oxygen atoms in total. The number of anilines is 1. The van der Waals surface area contributed by atoms with Gasteiger partial charge in [0.2, 0.25) is 5.91 Å². The molecule has 2 N–H and O–H groups in total. The summed E-state index contributed by atoms with van der Waals surface area (Å²) in [6, 6.07) is 1.98. The number of amides is 1. The second-order valence-corrected chi connectivity index (χ2v) is 5.77. The summed E-state index contributed by atoms with van der Waals surface area (Å²) in [6.45, 7) is 2.55. The van der Waals surface area contributed by atoms with Crippen molar-refractivity contribution in [3.05, 3.63) is 28.2 Å². The zero-order valence-corrected chi connectivity index (χ0v) is 12.1. The molecule has 2 rings (SSSR count). The number of carbonyl (C=O) groups excluding carboxylic acids is 1. The molecule has 1 saturated heterocycles. The Labute approximate surface area is 118 Å². The third-order valence-electron chi connectivity index (χ3n) is 3.38. The minimum atomic E-state index is -0.784. The average Bonchev–Trinajstić information content (AvgIpc) is 2.36. The maximum atomic E-state index is 13.6. The van der Waals surface area contributed by atoms with E-state index in [0.717, 1.165) is 25.5 Å². The zero-order chi connectivity index (χ0) is 14.0. The summed E-state index contributed by atoms with van der Waals surface area (Å²) in [7, 11) is 0. The highest BCUT2D eigenvalue weighted by Gasteiger charge is 2.34. The first-order valence-electron chi connectivity index (χ1n) is 6.13. The van der Waals surface area contributed by atoms with Gasteiger partial charge in [-0.1, -0.05) is 0 Å². The van der Waals surface area contributed by atoms with E-state index in [4.69, 9.17) is 0 Å². The first-order valence-corrected chi connectivity index (χ1v) is 6.93. The van der Waals surface area contributed by atoms with Crippen molar-refractivity contribution >= 4 is 27.5 Å². The number of carbonyl (C=O) groups is 1. The number of hydrogen-bond acceptors (Lipinski definition) is 2. The Morgan fingerprint density at radius 3 is 2.74 bits per heavy atom. The standard InChI is InChI=1S/C13H15BrF2N2O/c1-13(4-2-3-5-17-13)12(19)18-11-6-8(14)9(15)7-10(11)16/h6-7,17H,2-5H2,1H3,(H,18,19). The molecule has 0 bridgehead atoms. The highest BCUT2D eigenvalue weighted by atomic mass is 79.9. The predicted octanol–water partition coefficient (Wildman–Crippen LogP) is 3.20. The summed E-state index contributed by atoms with van der Waals surface area (Å²) < 4.78 is 26.8. The van der Waals surface area contributed by atoms with Gasteiger partial charge in [0.25, 0.3) is 0 Å². The number of halogens is 3. The molecule has 0 aromatic heterocycles. The first-order chi connectivity index (χ1) is 8.92. The van der Waals surface area contributed by atoms with E-state index < -0.39 is 17.2 Å². The molecular weight excluding hydrogens is 318 g/mol. The Bertz CT molecular complexity index is 502. The van der Waals surface area contributed by atoms with Crippen LogP contribution in [0, 0.1) is 11.6 Å². The molecule has 1 amide bonds. The van der Waals surface area contributed by atoms with Gasteiger partial charge in [0.05, 0.1) is 15.7 Å². The molecule has 1 heterocycles. The molecule has 1 aliphatic rings. The van der Waals surface area contributed by atoms with Gasteiger partial charge in [0, 0.05) is 6.07 Å². The molecule has 1 atom stereocenters. The van der Waals surface area contributed by atoms with Crippen LogP contribution in [-0.4, -0.2) is 18.0 Å². The van der Waals surface area contributed by atoms with E-state index in [9.17, 15) is 13.6 Å². The van der Waals surface area contributed by atoms with Crippen LogP contribution in [0.3, 0.4) is 0 Å². The molecule has 6 heteroatoms. The molecule has 0 radical (unpaired) electrons. The van der Waals surface area contributed by atoms with E-state index in [1.807, 2.05) is 0 Å². The quantitative estimate of drug-likeness (QED) is 0.816. The lowest BCUT2D eigenvalue weighted by Crippen LogP contribution is -2.54. The molecule has 19 heavy (non-hydrogen) atoms. The maximum absolute atomic E-state index is 13.6. The van der Waals surface area contributed by atoms with E-state index >= 15 is 0 Å². The molecule has 0 spiro atoms. The van der Waals surface area contributed by atoms with Gasteiger partial charge in [0.15, 0.2) is 0 Å². The van der Waals surface area contributed by atoms with Crippen LogP contribution in [-0.2, 0) is 4.79 Å². The Kier molecular flexibility index (Phi) is 4.20. The summed E-state index contributed by atoms with van der Waals surface area (Å²) in [5, 5.41) is 5.66. The van der Waals surface area contributed by atoms with E-state index in [1.54, 1.807) is 6.92 Å². The summed E-state index contributed by atoms with van der Waals surface area (Å²) in [4.78, 5) is 12.2. The summed E-state index contributed by atoms with van der Waals surface area (Å²) >= 11 is 2.97.